The number of hydrogen-bond donors (Lipinski definition) is 0. The molecule has 1 aromatic heterocycles. The fourth-order valence-electron chi connectivity index (χ4n) is 1.97. The van der Waals surface area contributed by atoms with Gasteiger partial charge in [0.25, 0.3) is 0 Å². The number of aryl methyl sites for hydroxylation is 1. The second-order valence-electron chi connectivity index (χ2n) is 4.41. The first-order valence-electron chi connectivity index (χ1n) is 6.47. The molecule has 0 saturated heterocycles. The van der Waals surface area contributed by atoms with Gasteiger partial charge in [0, 0.05) is 25.0 Å². The third kappa shape index (κ3) is 3.84. The minimum Gasteiger partial charge on any atom is -0.481 e. The number of ether oxygens (including phenoxy) is 1. The average Bonchev–Trinajstić information content (AvgIpc) is 2.47. The van der Waals surface area contributed by atoms with E-state index < -0.39 is 0 Å². The number of anilines is 1. The molecule has 5 heteroatoms. The van der Waals surface area contributed by atoms with E-state index in [4.69, 9.17) is 16.3 Å². The number of hydrogen-bond acceptors (Lipinski definition) is 4. The Morgan fingerprint density at radius 3 is 2.60 bits per heavy atom. The molecule has 0 bridgehead atoms. The highest BCUT2D eigenvalue weighted by molar-refractivity contribution is 6.18. The first-order valence-corrected chi connectivity index (χ1v) is 7.01. The quantitative estimate of drug-likeness (QED) is 0.767. The summed E-state index contributed by atoms with van der Waals surface area (Å²) in [6.45, 7) is 3.33. The summed E-state index contributed by atoms with van der Waals surface area (Å²) < 4.78 is 5.20. The molecule has 0 fully saturated rings. The van der Waals surface area contributed by atoms with Crippen LogP contribution in [-0.2, 0) is 6.54 Å². The summed E-state index contributed by atoms with van der Waals surface area (Å²) in [6, 6.07) is 12.1. The van der Waals surface area contributed by atoms with Gasteiger partial charge in [-0.1, -0.05) is 30.3 Å². The Balaban J connectivity index is 2.26. The molecule has 1 heterocycles. The smallest absolute Gasteiger partial charge is 0.218 e. The largest absolute Gasteiger partial charge is 0.481 e. The molecular formula is C15H18ClN3O. The molecule has 106 valence electrons. The zero-order chi connectivity index (χ0) is 14.4. The molecule has 0 aliphatic carbocycles. The molecule has 0 spiro atoms. The van der Waals surface area contributed by atoms with Crippen molar-refractivity contribution < 1.29 is 4.74 Å². The van der Waals surface area contributed by atoms with Gasteiger partial charge in [0.15, 0.2) is 0 Å². The maximum Gasteiger partial charge on any atom is 0.218 e. The summed E-state index contributed by atoms with van der Waals surface area (Å²) in [5.41, 5.74) is 1.22. The van der Waals surface area contributed by atoms with E-state index in [1.807, 2.05) is 31.2 Å². The van der Waals surface area contributed by atoms with E-state index in [0.717, 1.165) is 18.9 Å². The van der Waals surface area contributed by atoms with Gasteiger partial charge in [-0.2, -0.15) is 4.98 Å². The summed E-state index contributed by atoms with van der Waals surface area (Å²) in [5, 5.41) is 0. The molecule has 0 atom stereocenters. The van der Waals surface area contributed by atoms with E-state index in [-0.39, 0.29) is 0 Å². The van der Waals surface area contributed by atoms with Crippen LogP contribution in [0.3, 0.4) is 0 Å². The summed E-state index contributed by atoms with van der Waals surface area (Å²) in [7, 11) is 1.61. The maximum absolute atomic E-state index is 5.91. The number of nitrogens with zero attached hydrogens (tertiary/aromatic N) is 3. The van der Waals surface area contributed by atoms with E-state index in [1.54, 1.807) is 7.11 Å². The summed E-state index contributed by atoms with van der Waals surface area (Å²) in [6.07, 6.45) is 0. The summed E-state index contributed by atoms with van der Waals surface area (Å²) in [4.78, 5) is 10.8. The Morgan fingerprint density at radius 2 is 1.95 bits per heavy atom. The molecule has 0 amide bonds. The zero-order valence-corrected chi connectivity index (χ0v) is 12.5. The van der Waals surface area contributed by atoms with Crippen LogP contribution in [-0.4, -0.2) is 29.5 Å². The standard InChI is InChI=1S/C15H18ClN3O/c1-12-17-14(10-15(18-12)20-2)19(9-8-16)11-13-6-4-3-5-7-13/h3-7,10H,8-9,11H2,1-2H3. The number of methoxy groups -OCH3 is 1. The molecule has 0 saturated carbocycles. The minimum atomic E-state index is 0.540. The van der Waals surface area contributed by atoms with Crippen LogP contribution < -0.4 is 9.64 Å². The van der Waals surface area contributed by atoms with Crippen LogP contribution >= 0.6 is 11.6 Å². The maximum atomic E-state index is 5.91. The van der Waals surface area contributed by atoms with Gasteiger partial charge in [0.05, 0.1) is 7.11 Å². The van der Waals surface area contributed by atoms with Crippen LogP contribution in [0.15, 0.2) is 36.4 Å². The lowest BCUT2D eigenvalue weighted by molar-refractivity contribution is 0.395. The molecule has 2 aromatic rings. The van der Waals surface area contributed by atoms with Crippen LogP contribution in [0.2, 0.25) is 0 Å². The van der Waals surface area contributed by atoms with Crippen molar-refractivity contribution in [2.75, 3.05) is 24.4 Å². The van der Waals surface area contributed by atoms with Crippen LogP contribution in [0, 0.1) is 6.92 Å². The number of halogens is 1. The Hall–Kier alpha value is -1.81. The first kappa shape index (κ1) is 14.6. The van der Waals surface area contributed by atoms with Crippen molar-refractivity contribution in [2.24, 2.45) is 0 Å². The predicted octanol–water partition coefficient (Wildman–Crippen LogP) is 3.04. The van der Waals surface area contributed by atoms with Crippen molar-refractivity contribution in [3.8, 4) is 5.88 Å². The Labute approximate surface area is 124 Å². The van der Waals surface area contributed by atoms with Crippen LogP contribution in [0.25, 0.3) is 0 Å². The van der Waals surface area contributed by atoms with Crippen molar-refractivity contribution in [3.63, 3.8) is 0 Å². The van der Waals surface area contributed by atoms with Gasteiger partial charge < -0.3 is 9.64 Å². The lowest BCUT2D eigenvalue weighted by atomic mass is 10.2. The Kier molecular flexibility index (Phi) is 5.18. The number of benzene rings is 1. The molecule has 0 radical (unpaired) electrons. The predicted molar refractivity (Wildman–Crippen MR) is 81.5 cm³/mol. The third-order valence-corrected chi connectivity index (χ3v) is 3.07. The summed E-state index contributed by atoms with van der Waals surface area (Å²) >= 11 is 5.91. The monoisotopic (exact) mass is 291 g/mol. The topological polar surface area (TPSA) is 38.2 Å². The van der Waals surface area contributed by atoms with Gasteiger partial charge in [-0.05, 0) is 12.5 Å². The molecule has 0 aliphatic rings. The van der Waals surface area contributed by atoms with Gasteiger partial charge in [-0.3, -0.25) is 0 Å². The SMILES string of the molecule is COc1cc(N(CCCl)Cc2ccccc2)nc(C)n1. The number of rotatable bonds is 6. The highest BCUT2D eigenvalue weighted by Gasteiger charge is 2.11. The number of alkyl halides is 1. The highest BCUT2D eigenvalue weighted by Crippen LogP contribution is 2.19. The van der Waals surface area contributed by atoms with Gasteiger partial charge >= 0.3 is 0 Å². The normalized spacial score (nSPS) is 10.3. The van der Waals surface area contributed by atoms with Gasteiger partial charge in [-0.25, -0.2) is 4.98 Å². The molecule has 4 nitrogen and oxygen atoms in total. The van der Waals surface area contributed by atoms with E-state index in [0.29, 0.717) is 17.6 Å². The average molecular weight is 292 g/mol. The third-order valence-electron chi connectivity index (χ3n) is 2.90. The second-order valence-corrected chi connectivity index (χ2v) is 4.79. The highest BCUT2D eigenvalue weighted by atomic mass is 35.5. The van der Waals surface area contributed by atoms with Gasteiger partial charge in [0.2, 0.25) is 5.88 Å². The lowest BCUT2D eigenvalue weighted by Crippen LogP contribution is -2.26. The van der Waals surface area contributed by atoms with Crippen LogP contribution in [0.1, 0.15) is 11.4 Å². The van der Waals surface area contributed by atoms with Crippen molar-refractivity contribution in [1.29, 1.82) is 0 Å². The lowest BCUT2D eigenvalue weighted by Gasteiger charge is -2.23. The van der Waals surface area contributed by atoms with Gasteiger partial charge in [0.1, 0.15) is 11.6 Å². The molecule has 20 heavy (non-hydrogen) atoms. The van der Waals surface area contributed by atoms with Crippen LogP contribution in [0.5, 0.6) is 5.88 Å². The second kappa shape index (κ2) is 7.10. The van der Waals surface area contributed by atoms with E-state index in [9.17, 15) is 0 Å². The van der Waals surface area contributed by atoms with E-state index in [1.165, 1.54) is 5.56 Å². The Morgan fingerprint density at radius 1 is 1.20 bits per heavy atom. The zero-order valence-electron chi connectivity index (χ0n) is 11.7. The molecule has 0 unspecified atom stereocenters. The van der Waals surface area contributed by atoms with E-state index in [2.05, 4.69) is 27.0 Å². The van der Waals surface area contributed by atoms with Crippen molar-refractivity contribution in [1.82, 2.24) is 9.97 Å². The van der Waals surface area contributed by atoms with Crippen molar-refractivity contribution in [3.05, 3.63) is 47.8 Å². The molecule has 2 rings (SSSR count). The molecule has 1 aromatic carbocycles. The number of aromatic nitrogens is 2. The van der Waals surface area contributed by atoms with Crippen molar-refractivity contribution in [2.45, 2.75) is 13.5 Å². The van der Waals surface area contributed by atoms with Crippen LogP contribution in [0.4, 0.5) is 5.82 Å². The first-order chi connectivity index (χ1) is 9.72. The molecular weight excluding hydrogens is 274 g/mol. The van der Waals surface area contributed by atoms with E-state index >= 15 is 0 Å². The fourth-order valence-corrected chi connectivity index (χ4v) is 2.18. The van der Waals surface area contributed by atoms with Gasteiger partial charge in [-0.15, -0.1) is 11.6 Å². The Bertz CT molecular complexity index is 548. The molecule has 0 aliphatic heterocycles. The molecule has 0 N–H and O–H groups in total. The minimum absolute atomic E-state index is 0.540. The summed E-state index contributed by atoms with van der Waals surface area (Å²) in [5.74, 6) is 2.63. The fraction of sp³-hybridized carbons (Fsp3) is 0.333. The van der Waals surface area contributed by atoms with Crippen molar-refractivity contribution >= 4 is 17.4 Å².